The van der Waals surface area contributed by atoms with Crippen molar-refractivity contribution in [3.8, 4) is 11.5 Å². The minimum Gasteiger partial charge on any atom is -0.493 e. The van der Waals surface area contributed by atoms with E-state index in [2.05, 4.69) is 10.6 Å². The standard InChI is InChI=1S/C22H21N3O5S/c1-25-11-14(12-8-9-16(29-2)17(10-12)30-3)22(19(27)24-20(28)31-22)21(25)13-6-4-5-7-15(13)23-18(21)26/h4-10,14H,11H2,1-3H3,(H,23,26)(H,24,27,28)/t14-,21+,22-/m1/s1. The maximum Gasteiger partial charge on any atom is 0.286 e. The molecule has 9 heteroatoms. The molecule has 0 aliphatic carbocycles. The van der Waals surface area contributed by atoms with Crippen LogP contribution >= 0.6 is 11.8 Å². The van der Waals surface area contributed by atoms with E-state index < -0.39 is 27.4 Å². The first kappa shape index (κ1) is 19.9. The minimum absolute atomic E-state index is 0.309. The number of carbonyl (C=O) groups excluding carboxylic acids is 3. The van der Waals surface area contributed by atoms with Gasteiger partial charge in [0, 0.05) is 23.7 Å². The van der Waals surface area contributed by atoms with E-state index in [1.807, 2.05) is 48.3 Å². The molecule has 2 saturated heterocycles. The third-order valence-electron chi connectivity index (χ3n) is 6.57. The molecule has 2 aromatic rings. The summed E-state index contributed by atoms with van der Waals surface area (Å²) in [6.07, 6.45) is 0. The van der Waals surface area contributed by atoms with E-state index in [1.165, 1.54) is 0 Å². The van der Waals surface area contributed by atoms with Gasteiger partial charge in [-0.2, -0.15) is 0 Å². The lowest BCUT2D eigenvalue weighted by molar-refractivity contribution is -0.133. The number of nitrogens with zero attached hydrogens (tertiary/aromatic N) is 1. The van der Waals surface area contributed by atoms with E-state index in [-0.39, 0.29) is 5.91 Å². The number of benzene rings is 2. The van der Waals surface area contributed by atoms with E-state index in [4.69, 9.17) is 9.47 Å². The summed E-state index contributed by atoms with van der Waals surface area (Å²) in [7, 11) is 4.91. The normalized spacial score (nSPS) is 29.4. The number of thioether (sulfide) groups is 1. The maximum atomic E-state index is 13.6. The van der Waals surface area contributed by atoms with Crippen molar-refractivity contribution in [2.75, 3.05) is 33.1 Å². The number of likely N-dealkylation sites (tertiary alicyclic amines) is 1. The Morgan fingerprint density at radius 2 is 1.74 bits per heavy atom. The molecule has 31 heavy (non-hydrogen) atoms. The van der Waals surface area contributed by atoms with Crippen LogP contribution in [0, 0.1) is 0 Å². The molecule has 3 amide bonds. The molecule has 8 nitrogen and oxygen atoms in total. The maximum absolute atomic E-state index is 13.6. The van der Waals surface area contributed by atoms with Crippen molar-refractivity contribution >= 4 is 34.5 Å². The summed E-state index contributed by atoms with van der Waals surface area (Å²) in [4.78, 5) is 41.5. The van der Waals surface area contributed by atoms with E-state index in [0.717, 1.165) is 17.3 Å². The molecule has 3 atom stereocenters. The second-order valence-corrected chi connectivity index (χ2v) is 9.06. The molecule has 5 rings (SSSR count). The molecular weight excluding hydrogens is 418 g/mol. The van der Waals surface area contributed by atoms with Gasteiger partial charge < -0.3 is 14.8 Å². The average Bonchev–Trinajstić information content (AvgIpc) is 3.33. The van der Waals surface area contributed by atoms with Crippen LogP contribution in [0.1, 0.15) is 17.0 Å². The number of likely N-dealkylation sites (N-methyl/N-ethyl adjacent to an activating group) is 1. The zero-order valence-electron chi connectivity index (χ0n) is 17.2. The first-order chi connectivity index (χ1) is 14.9. The number of nitrogens with one attached hydrogen (secondary N) is 2. The molecule has 0 aromatic heterocycles. The first-order valence-electron chi connectivity index (χ1n) is 9.78. The summed E-state index contributed by atoms with van der Waals surface area (Å²) in [6.45, 7) is 0.394. The quantitative estimate of drug-likeness (QED) is 0.758. The molecule has 2 N–H and O–H groups in total. The Kier molecular flexibility index (Phi) is 4.32. The highest BCUT2D eigenvalue weighted by Gasteiger charge is 2.77. The fourth-order valence-corrected chi connectivity index (χ4v) is 6.79. The predicted octanol–water partition coefficient (Wildman–Crippen LogP) is 2.30. The van der Waals surface area contributed by atoms with Crippen LogP contribution in [-0.4, -0.2) is 54.5 Å². The highest BCUT2D eigenvalue weighted by atomic mass is 32.2. The number of amides is 3. The van der Waals surface area contributed by atoms with Gasteiger partial charge in [0.2, 0.25) is 5.91 Å². The van der Waals surface area contributed by atoms with Crippen LogP contribution in [0.3, 0.4) is 0 Å². The summed E-state index contributed by atoms with van der Waals surface area (Å²) in [6, 6.07) is 12.8. The van der Waals surface area contributed by atoms with Gasteiger partial charge in [0.15, 0.2) is 17.0 Å². The lowest BCUT2D eigenvalue weighted by Gasteiger charge is -2.41. The third-order valence-corrected chi connectivity index (χ3v) is 7.94. The largest absolute Gasteiger partial charge is 0.493 e. The van der Waals surface area contributed by atoms with Crippen molar-refractivity contribution < 1.29 is 23.9 Å². The Bertz CT molecular complexity index is 1140. The smallest absolute Gasteiger partial charge is 0.286 e. The van der Waals surface area contributed by atoms with Gasteiger partial charge >= 0.3 is 0 Å². The number of methoxy groups -OCH3 is 2. The van der Waals surface area contributed by atoms with Crippen LogP contribution in [0.2, 0.25) is 0 Å². The SMILES string of the molecule is COc1ccc([C@H]2CN(C)[C@@]3(C(=O)Nc4ccccc43)[C@@]23SC(=O)NC3=O)cc1OC. The van der Waals surface area contributed by atoms with Crippen molar-refractivity contribution in [2.45, 2.75) is 16.2 Å². The number of para-hydroxylation sites is 1. The van der Waals surface area contributed by atoms with Crippen molar-refractivity contribution in [3.63, 3.8) is 0 Å². The average molecular weight is 439 g/mol. The molecule has 3 aliphatic rings. The van der Waals surface area contributed by atoms with Crippen molar-refractivity contribution in [1.82, 2.24) is 10.2 Å². The first-order valence-corrected chi connectivity index (χ1v) is 10.6. The number of carbonyl (C=O) groups is 3. The van der Waals surface area contributed by atoms with Gasteiger partial charge in [-0.3, -0.25) is 24.6 Å². The number of hydrogen-bond donors (Lipinski definition) is 2. The van der Waals surface area contributed by atoms with Crippen LogP contribution in [0.25, 0.3) is 0 Å². The van der Waals surface area contributed by atoms with Gasteiger partial charge in [-0.1, -0.05) is 24.3 Å². The monoisotopic (exact) mass is 439 g/mol. The summed E-state index contributed by atoms with van der Waals surface area (Å²) in [5, 5.41) is 4.92. The van der Waals surface area contributed by atoms with Gasteiger partial charge in [-0.15, -0.1) is 0 Å². The predicted molar refractivity (Wildman–Crippen MR) is 116 cm³/mol. The van der Waals surface area contributed by atoms with Crippen LogP contribution in [0.5, 0.6) is 11.5 Å². The van der Waals surface area contributed by atoms with Crippen LogP contribution < -0.4 is 20.1 Å². The number of hydrogen-bond acceptors (Lipinski definition) is 7. The van der Waals surface area contributed by atoms with E-state index in [9.17, 15) is 14.4 Å². The molecule has 2 fully saturated rings. The summed E-state index contributed by atoms with van der Waals surface area (Å²) in [5.74, 6) is -0.143. The molecule has 3 heterocycles. The fourth-order valence-electron chi connectivity index (χ4n) is 5.35. The number of fused-ring (bicyclic) bond motifs is 3. The molecule has 0 bridgehead atoms. The van der Waals surface area contributed by atoms with Crippen molar-refractivity contribution in [3.05, 3.63) is 53.6 Å². The van der Waals surface area contributed by atoms with E-state index >= 15 is 0 Å². The molecule has 3 aliphatic heterocycles. The zero-order valence-corrected chi connectivity index (χ0v) is 18.0. The fraction of sp³-hybridized carbons (Fsp3) is 0.318. The highest BCUT2D eigenvalue weighted by molar-refractivity contribution is 8.16. The van der Waals surface area contributed by atoms with Crippen molar-refractivity contribution in [2.24, 2.45) is 0 Å². The van der Waals surface area contributed by atoms with E-state index in [0.29, 0.717) is 29.3 Å². The Morgan fingerprint density at radius 3 is 2.42 bits per heavy atom. The third kappa shape index (κ3) is 2.33. The minimum atomic E-state index is -1.38. The van der Waals surface area contributed by atoms with Gasteiger partial charge in [-0.05, 0) is 42.6 Å². The van der Waals surface area contributed by atoms with Crippen molar-refractivity contribution in [1.29, 1.82) is 0 Å². The summed E-state index contributed by atoms with van der Waals surface area (Å²) >= 11 is 0.903. The second-order valence-electron chi connectivity index (χ2n) is 7.84. The molecule has 2 aromatic carbocycles. The Labute approximate surface area is 183 Å². The molecule has 0 saturated carbocycles. The Morgan fingerprint density at radius 1 is 1.00 bits per heavy atom. The van der Waals surface area contributed by atoms with E-state index in [1.54, 1.807) is 20.3 Å². The topological polar surface area (TPSA) is 97.0 Å². The highest BCUT2D eigenvalue weighted by Crippen LogP contribution is 2.64. The Balaban J connectivity index is 1.77. The van der Waals surface area contributed by atoms with Gasteiger partial charge in [0.1, 0.15) is 4.75 Å². The number of anilines is 1. The number of ether oxygens (including phenoxy) is 2. The summed E-state index contributed by atoms with van der Waals surface area (Å²) in [5.41, 5.74) is 0.806. The van der Waals surface area contributed by atoms with Crippen LogP contribution in [0.15, 0.2) is 42.5 Å². The van der Waals surface area contributed by atoms with Gasteiger partial charge in [0.25, 0.3) is 11.1 Å². The van der Waals surface area contributed by atoms with Crippen LogP contribution in [-0.2, 0) is 15.1 Å². The lowest BCUT2D eigenvalue weighted by Crippen LogP contribution is -2.61. The second kappa shape index (κ2) is 6.73. The molecule has 2 spiro atoms. The molecular formula is C22H21N3O5S. The Hall–Kier alpha value is -3.04. The number of imide groups is 1. The van der Waals surface area contributed by atoms with Gasteiger partial charge in [0.05, 0.1) is 14.2 Å². The van der Waals surface area contributed by atoms with Crippen LogP contribution in [0.4, 0.5) is 10.5 Å². The lowest BCUT2D eigenvalue weighted by atomic mass is 9.72. The molecule has 160 valence electrons. The number of rotatable bonds is 3. The molecule has 0 radical (unpaired) electrons. The van der Waals surface area contributed by atoms with Gasteiger partial charge in [-0.25, -0.2) is 0 Å². The zero-order chi connectivity index (χ0) is 22.0. The summed E-state index contributed by atoms with van der Waals surface area (Å²) < 4.78 is 9.43. The molecule has 0 unspecified atom stereocenters.